The second-order valence-electron chi connectivity index (χ2n) is 4.51. The molecule has 1 saturated heterocycles. The smallest absolute Gasteiger partial charge is 0.320 e. The van der Waals surface area contributed by atoms with Gasteiger partial charge >= 0.3 is 5.97 Å². The van der Waals surface area contributed by atoms with Crippen molar-refractivity contribution in [2.75, 3.05) is 39.3 Å². The van der Waals surface area contributed by atoms with E-state index in [9.17, 15) is 4.79 Å². The summed E-state index contributed by atoms with van der Waals surface area (Å²) in [4.78, 5) is 13.6. The van der Waals surface area contributed by atoms with Crippen LogP contribution in [0.2, 0.25) is 0 Å². The fourth-order valence-corrected chi connectivity index (χ4v) is 1.78. The number of nitrogens with one attached hydrogen (secondary N) is 1. The molecule has 1 heterocycles. The van der Waals surface area contributed by atoms with Crippen LogP contribution in [-0.2, 0) is 9.53 Å². The van der Waals surface area contributed by atoms with Crippen LogP contribution in [-0.4, -0.2) is 50.2 Å². The summed E-state index contributed by atoms with van der Waals surface area (Å²) >= 11 is 0. The fraction of sp³-hybridized carbons (Fsp3) is 0.909. The predicted octanol–water partition coefficient (Wildman–Crippen LogP) is 0.235. The molecule has 0 bridgehead atoms. The van der Waals surface area contributed by atoms with Crippen LogP contribution in [0.5, 0.6) is 0 Å². The topological polar surface area (TPSA) is 41.6 Å². The summed E-state index contributed by atoms with van der Waals surface area (Å²) in [6, 6.07) is 0. The predicted molar refractivity (Wildman–Crippen MR) is 57.6 cm³/mol. The van der Waals surface area contributed by atoms with Gasteiger partial charge in [-0.1, -0.05) is 0 Å². The molecule has 2 rings (SSSR count). The number of nitrogens with zero attached hydrogens (tertiary/aromatic N) is 1. The highest BCUT2D eigenvalue weighted by Gasteiger charge is 2.23. The molecule has 15 heavy (non-hydrogen) atoms. The first-order valence-corrected chi connectivity index (χ1v) is 5.93. The van der Waals surface area contributed by atoms with Crippen molar-refractivity contribution < 1.29 is 9.53 Å². The largest absolute Gasteiger partial charge is 0.464 e. The Bertz CT molecular complexity index is 209. The first kappa shape index (κ1) is 10.9. The molecule has 0 radical (unpaired) electrons. The van der Waals surface area contributed by atoms with E-state index >= 15 is 0 Å². The Kier molecular flexibility index (Phi) is 3.97. The van der Waals surface area contributed by atoms with Crippen LogP contribution in [0, 0.1) is 5.92 Å². The number of hydrogen-bond donors (Lipinski definition) is 1. The minimum atomic E-state index is -0.0520. The van der Waals surface area contributed by atoms with Gasteiger partial charge in [0.1, 0.15) is 0 Å². The van der Waals surface area contributed by atoms with Crippen molar-refractivity contribution >= 4 is 5.97 Å². The minimum absolute atomic E-state index is 0.0520. The number of esters is 1. The van der Waals surface area contributed by atoms with Crippen molar-refractivity contribution in [3.63, 3.8) is 0 Å². The van der Waals surface area contributed by atoms with Crippen LogP contribution in [0.4, 0.5) is 0 Å². The summed E-state index contributed by atoms with van der Waals surface area (Å²) in [6.45, 7) is 5.12. The van der Waals surface area contributed by atoms with Gasteiger partial charge in [0, 0.05) is 13.1 Å². The van der Waals surface area contributed by atoms with E-state index in [1.807, 2.05) is 0 Å². The average Bonchev–Trinajstić information content (AvgIpc) is 3.03. The monoisotopic (exact) mass is 212 g/mol. The highest BCUT2D eigenvalue weighted by Crippen LogP contribution is 2.28. The van der Waals surface area contributed by atoms with E-state index in [2.05, 4.69) is 10.2 Å². The maximum Gasteiger partial charge on any atom is 0.320 e. The normalized spacial score (nSPS) is 23.5. The Morgan fingerprint density at radius 3 is 3.00 bits per heavy atom. The summed E-state index contributed by atoms with van der Waals surface area (Å²) < 4.78 is 5.21. The number of hydrogen-bond acceptors (Lipinski definition) is 4. The number of carbonyl (C=O) groups is 1. The second kappa shape index (κ2) is 5.47. The van der Waals surface area contributed by atoms with Crippen LogP contribution in [0.15, 0.2) is 0 Å². The van der Waals surface area contributed by atoms with E-state index in [1.54, 1.807) is 0 Å². The van der Waals surface area contributed by atoms with Gasteiger partial charge in [0.2, 0.25) is 0 Å². The van der Waals surface area contributed by atoms with Gasteiger partial charge in [-0.05, 0) is 38.3 Å². The van der Waals surface area contributed by atoms with Gasteiger partial charge in [-0.2, -0.15) is 0 Å². The standard InChI is InChI=1S/C11H20N2O2/c14-11(15-9-10-2-3-10)8-13-6-1-4-12-5-7-13/h10,12H,1-9H2. The maximum absolute atomic E-state index is 11.5. The summed E-state index contributed by atoms with van der Waals surface area (Å²) in [5.74, 6) is 0.614. The van der Waals surface area contributed by atoms with Gasteiger partial charge in [-0.25, -0.2) is 0 Å². The molecule has 4 heteroatoms. The number of rotatable bonds is 4. The molecule has 1 saturated carbocycles. The van der Waals surface area contributed by atoms with Crippen LogP contribution in [0.25, 0.3) is 0 Å². The Hall–Kier alpha value is -0.610. The van der Waals surface area contributed by atoms with Crippen molar-refractivity contribution in [2.45, 2.75) is 19.3 Å². The first-order valence-electron chi connectivity index (χ1n) is 5.93. The van der Waals surface area contributed by atoms with E-state index < -0.39 is 0 Å². The van der Waals surface area contributed by atoms with Crippen LogP contribution >= 0.6 is 0 Å². The van der Waals surface area contributed by atoms with Gasteiger partial charge in [0.05, 0.1) is 13.2 Å². The Balaban J connectivity index is 1.62. The Labute approximate surface area is 91.0 Å². The SMILES string of the molecule is O=C(CN1CCCNCC1)OCC1CC1. The molecule has 0 amide bonds. The lowest BCUT2D eigenvalue weighted by molar-refractivity contribution is -0.145. The van der Waals surface area contributed by atoms with E-state index in [4.69, 9.17) is 4.74 Å². The zero-order valence-corrected chi connectivity index (χ0v) is 9.21. The summed E-state index contributed by atoms with van der Waals surface area (Å²) in [5.41, 5.74) is 0. The van der Waals surface area contributed by atoms with Gasteiger partial charge in [-0.15, -0.1) is 0 Å². The Morgan fingerprint density at radius 1 is 1.33 bits per heavy atom. The highest BCUT2D eigenvalue weighted by atomic mass is 16.5. The van der Waals surface area contributed by atoms with E-state index in [1.165, 1.54) is 12.8 Å². The molecule has 4 nitrogen and oxygen atoms in total. The fourth-order valence-electron chi connectivity index (χ4n) is 1.78. The van der Waals surface area contributed by atoms with Gasteiger partial charge in [-0.3, -0.25) is 9.69 Å². The van der Waals surface area contributed by atoms with E-state index in [0.29, 0.717) is 19.1 Å². The van der Waals surface area contributed by atoms with Crippen molar-refractivity contribution in [1.82, 2.24) is 10.2 Å². The molecule has 0 spiro atoms. The number of ether oxygens (including phenoxy) is 1. The zero-order chi connectivity index (χ0) is 10.5. The van der Waals surface area contributed by atoms with Crippen LogP contribution < -0.4 is 5.32 Å². The van der Waals surface area contributed by atoms with Crippen molar-refractivity contribution in [2.24, 2.45) is 5.92 Å². The third kappa shape index (κ3) is 4.18. The summed E-state index contributed by atoms with van der Waals surface area (Å²) in [6.07, 6.45) is 3.59. The highest BCUT2D eigenvalue weighted by molar-refractivity contribution is 5.71. The first-order chi connectivity index (χ1) is 7.34. The molecular formula is C11H20N2O2. The maximum atomic E-state index is 11.5. The zero-order valence-electron chi connectivity index (χ0n) is 9.21. The van der Waals surface area contributed by atoms with Crippen molar-refractivity contribution in [3.05, 3.63) is 0 Å². The molecule has 0 aromatic carbocycles. The molecule has 1 aliphatic carbocycles. The van der Waals surface area contributed by atoms with Gasteiger partial charge < -0.3 is 10.1 Å². The molecule has 1 N–H and O–H groups in total. The minimum Gasteiger partial charge on any atom is -0.464 e. The summed E-state index contributed by atoms with van der Waals surface area (Å²) in [7, 11) is 0. The van der Waals surface area contributed by atoms with Crippen LogP contribution in [0.3, 0.4) is 0 Å². The van der Waals surface area contributed by atoms with Gasteiger partial charge in [0.25, 0.3) is 0 Å². The van der Waals surface area contributed by atoms with Crippen molar-refractivity contribution in [3.8, 4) is 0 Å². The molecule has 86 valence electrons. The van der Waals surface area contributed by atoms with E-state index in [0.717, 1.165) is 32.6 Å². The molecular weight excluding hydrogens is 192 g/mol. The third-order valence-corrected chi connectivity index (χ3v) is 2.96. The molecule has 0 atom stereocenters. The summed E-state index contributed by atoms with van der Waals surface area (Å²) in [5, 5.41) is 3.32. The van der Waals surface area contributed by atoms with E-state index in [-0.39, 0.29) is 5.97 Å². The molecule has 1 aliphatic heterocycles. The quantitative estimate of drug-likeness (QED) is 0.678. The second-order valence-corrected chi connectivity index (χ2v) is 4.51. The molecule has 0 aromatic heterocycles. The average molecular weight is 212 g/mol. The molecule has 0 aromatic rings. The Morgan fingerprint density at radius 2 is 2.20 bits per heavy atom. The van der Waals surface area contributed by atoms with Crippen LogP contribution in [0.1, 0.15) is 19.3 Å². The van der Waals surface area contributed by atoms with Gasteiger partial charge in [0.15, 0.2) is 0 Å². The lowest BCUT2D eigenvalue weighted by atomic mass is 10.4. The molecule has 0 unspecified atom stereocenters. The lowest BCUT2D eigenvalue weighted by Gasteiger charge is -2.17. The van der Waals surface area contributed by atoms with Crippen molar-refractivity contribution in [1.29, 1.82) is 0 Å². The lowest BCUT2D eigenvalue weighted by Crippen LogP contribution is -2.34. The third-order valence-electron chi connectivity index (χ3n) is 2.96. The molecule has 2 aliphatic rings. The molecule has 2 fully saturated rings. The number of carbonyl (C=O) groups excluding carboxylic acids is 1.